The minimum atomic E-state index is -4.58. The van der Waals surface area contributed by atoms with Crippen LogP contribution >= 0.6 is 11.3 Å². The first-order chi connectivity index (χ1) is 14.9. The summed E-state index contributed by atoms with van der Waals surface area (Å²) in [6, 6.07) is 8.41. The molecule has 2 N–H and O–H groups in total. The van der Waals surface area contributed by atoms with E-state index in [1.54, 1.807) is 26.8 Å². The molecule has 0 unspecified atom stereocenters. The molecule has 168 valence electrons. The van der Waals surface area contributed by atoms with Gasteiger partial charge < -0.3 is 15.1 Å². The third-order valence-corrected chi connectivity index (χ3v) is 5.78. The quantitative estimate of drug-likeness (QED) is 0.472. The SMILES string of the molecule is Cc1ccc(C(=O)N(c2c(-c3cccc(C(F)(F)F)c3)csc2C(=O)O)C(C)C)c(O)c1. The maximum atomic E-state index is 13.4. The predicted octanol–water partition coefficient (Wildman–Crippen LogP) is 6.20. The second-order valence-electron chi connectivity index (χ2n) is 7.50. The summed E-state index contributed by atoms with van der Waals surface area (Å²) in [4.78, 5) is 26.3. The van der Waals surface area contributed by atoms with Crippen LogP contribution < -0.4 is 4.90 Å². The van der Waals surface area contributed by atoms with Gasteiger partial charge in [-0.15, -0.1) is 11.3 Å². The number of carboxylic acids is 1. The number of aryl methyl sites for hydroxylation is 1. The number of phenolic OH excluding ortho intramolecular Hbond substituents is 1. The van der Waals surface area contributed by atoms with Gasteiger partial charge in [0.1, 0.15) is 10.6 Å². The number of hydrogen-bond acceptors (Lipinski definition) is 4. The molecule has 0 aliphatic rings. The van der Waals surface area contributed by atoms with Gasteiger partial charge >= 0.3 is 12.1 Å². The minimum Gasteiger partial charge on any atom is -0.507 e. The van der Waals surface area contributed by atoms with Crippen LogP contribution in [0.2, 0.25) is 0 Å². The Balaban J connectivity index is 2.23. The van der Waals surface area contributed by atoms with Crippen molar-refractivity contribution < 1.29 is 33.0 Å². The lowest BCUT2D eigenvalue weighted by molar-refractivity contribution is -0.137. The summed E-state index contributed by atoms with van der Waals surface area (Å²) in [6.07, 6.45) is -4.58. The van der Waals surface area contributed by atoms with Gasteiger partial charge in [0, 0.05) is 17.0 Å². The number of carboxylic acid groups (broad SMARTS) is 1. The number of thiophene rings is 1. The van der Waals surface area contributed by atoms with Crippen LogP contribution in [0, 0.1) is 6.92 Å². The number of rotatable bonds is 5. The lowest BCUT2D eigenvalue weighted by atomic mass is 10.0. The normalized spacial score (nSPS) is 11.6. The van der Waals surface area contributed by atoms with Crippen molar-refractivity contribution >= 4 is 28.9 Å². The van der Waals surface area contributed by atoms with Crippen molar-refractivity contribution in [3.05, 3.63) is 69.4 Å². The zero-order chi connectivity index (χ0) is 23.8. The molecule has 0 atom stereocenters. The van der Waals surface area contributed by atoms with Crippen LogP contribution in [-0.2, 0) is 6.18 Å². The Hall–Kier alpha value is -3.33. The number of halogens is 3. The fourth-order valence-electron chi connectivity index (χ4n) is 3.36. The first-order valence-corrected chi connectivity index (χ1v) is 10.5. The van der Waals surface area contributed by atoms with E-state index in [0.29, 0.717) is 0 Å². The maximum absolute atomic E-state index is 13.4. The average molecular weight is 463 g/mol. The number of anilines is 1. The van der Waals surface area contributed by atoms with Gasteiger partial charge in [0.15, 0.2) is 0 Å². The second kappa shape index (κ2) is 8.66. The smallest absolute Gasteiger partial charge is 0.416 e. The van der Waals surface area contributed by atoms with Crippen molar-refractivity contribution in [2.45, 2.75) is 33.0 Å². The van der Waals surface area contributed by atoms with E-state index in [1.165, 1.54) is 34.5 Å². The summed E-state index contributed by atoms with van der Waals surface area (Å²) < 4.78 is 39.7. The molecule has 3 aromatic rings. The summed E-state index contributed by atoms with van der Waals surface area (Å²) in [5, 5.41) is 21.4. The molecule has 2 aromatic carbocycles. The van der Waals surface area contributed by atoms with Crippen LogP contribution in [0.3, 0.4) is 0 Å². The number of carbonyl (C=O) groups excluding carboxylic acids is 1. The number of aromatic carboxylic acids is 1. The number of hydrogen-bond donors (Lipinski definition) is 2. The molecule has 3 rings (SSSR count). The molecule has 0 saturated carbocycles. The van der Waals surface area contributed by atoms with E-state index in [-0.39, 0.29) is 33.0 Å². The highest BCUT2D eigenvalue weighted by atomic mass is 32.1. The molecule has 1 amide bonds. The van der Waals surface area contributed by atoms with E-state index in [1.807, 2.05) is 0 Å². The Labute approximate surface area is 186 Å². The van der Waals surface area contributed by atoms with Gasteiger partial charge in [-0.1, -0.05) is 18.2 Å². The molecule has 0 radical (unpaired) electrons. The largest absolute Gasteiger partial charge is 0.507 e. The van der Waals surface area contributed by atoms with Gasteiger partial charge in [-0.2, -0.15) is 13.2 Å². The van der Waals surface area contributed by atoms with E-state index in [4.69, 9.17) is 0 Å². The number of alkyl halides is 3. The third-order valence-electron chi connectivity index (χ3n) is 4.82. The van der Waals surface area contributed by atoms with E-state index >= 15 is 0 Å². The molecule has 0 aliphatic heterocycles. The summed E-state index contributed by atoms with van der Waals surface area (Å²) >= 11 is 0.820. The van der Waals surface area contributed by atoms with E-state index < -0.39 is 29.7 Å². The molecule has 32 heavy (non-hydrogen) atoms. The second-order valence-corrected chi connectivity index (χ2v) is 8.38. The minimum absolute atomic E-state index is 0.0122. The van der Waals surface area contributed by atoms with Crippen LogP contribution in [0.15, 0.2) is 47.8 Å². The molecule has 0 bridgehead atoms. The number of nitrogens with zero attached hydrogens (tertiary/aromatic N) is 1. The first kappa shape index (κ1) is 23.3. The van der Waals surface area contributed by atoms with E-state index in [0.717, 1.165) is 29.0 Å². The van der Waals surface area contributed by atoms with Crippen LogP contribution in [0.25, 0.3) is 11.1 Å². The molecule has 0 saturated heterocycles. The lowest BCUT2D eigenvalue weighted by Gasteiger charge is -2.28. The Bertz CT molecular complexity index is 1180. The Morgan fingerprint density at radius 2 is 1.78 bits per heavy atom. The standard InChI is InChI=1S/C23H20F3NO4S/c1-12(2)27(21(29)16-8-7-13(3)9-18(16)28)19-17(11-32-20(19)22(30)31)14-5-4-6-15(10-14)23(24,25)26/h4-12,28H,1-3H3,(H,30,31). The Kier molecular flexibility index (Phi) is 6.32. The van der Waals surface area contributed by atoms with E-state index in [2.05, 4.69) is 0 Å². The van der Waals surface area contributed by atoms with Crippen LogP contribution in [0.1, 0.15) is 45.0 Å². The van der Waals surface area contributed by atoms with Gasteiger partial charge in [0.05, 0.1) is 16.8 Å². The highest BCUT2D eigenvalue weighted by molar-refractivity contribution is 7.13. The monoisotopic (exact) mass is 463 g/mol. The van der Waals surface area contributed by atoms with Crippen LogP contribution in [0.4, 0.5) is 18.9 Å². The molecule has 1 aromatic heterocycles. The first-order valence-electron chi connectivity index (χ1n) is 9.57. The van der Waals surface area contributed by atoms with Gasteiger partial charge in [0.25, 0.3) is 5.91 Å². The zero-order valence-electron chi connectivity index (χ0n) is 17.4. The predicted molar refractivity (Wildman–Crippen MR) is 117 cm³/mol. The van der Waals surface area contributed by atoms with Crippen molar-refractivity contribution in [3.8, 4) is 16.9 Å². The molecular formula is C23H20F3NO4S. The highest BCUT2D eigenvalue weighted by Crippen LogP contribution is 2.42. The number of phenols is 1. The number of amides is 1. The Morgan fingerprint density at radius 1 is 1.09 bits per heavy atom. The number of benzene rings is 2. The maximum Gasteiger partial charge on any atom is 0.416 e. The van der Waals surface area contributed by atoms with E-state index in [9.17, 15) is 33.0 Å². The topological polar surface area (TPSA) is 77.8 Å². The number of aromatic hydroxyl groups is 1. The summed E-state index contributed by atoms with van der Waals surface area (Å²) in [6.45, 7) is 5.05. The number of carbonyl (C=O) groups is 2. The van der Waals surface area contributed by atoms with Crippen molar-refractivity contribution in [1.29, 1.82) is 0 Å². The van der Waals surface area contributed by atoms with Crippen molar-refractivity contribution in [2.24, 2.45) is 0 Å². The van der Waals surface area contributed by atoms with Gasteiger partial charge in [-0.25, -0.2) is 4.79 Å². The molecule has 1 heterocycles. The summed E-state index contributed by atoms with van der Waals surface area (Å²) in [7, 11) is 0. The highest BCUT2D eigenvalue weighted by Gasteiger charge is 2.33. The molecular weight excluding hydrogens is 443 g/mol. The fourth-order valence-corrected chi connectivity index (χ4v) is 4.26. The molecule has 5 nitrogen and oxygen atoms in total. The molecule has 0 aliphatic carbocycles. The molecule has 0 fully saturated rings. The zero-order valence-corrected chi connectivity index (χ0v) is 18.2. The molecule has 0 spiro atoms. The van der Waals surface area contributed by atoms with Gasteiger partial charge in [-0.3, -0.25) is 4.79 Å². The van der Waals surface area contributed by atoms with Crippen LogP contribution in [-0.4, -0.2) is 28.1 Å². The van der Waals surface area contributed by atoms with Gasteiger partial charge in [-0.05, 0) is 56.2 Å². The Morgan fingerprint density at radius 3 is 2.34 bits per heavy atom. The molecule has 9 heteroatoms. The van der Waals surface area contributed by atoms with Crippen molar-refractivity contribution in [1.82, 2.24) is 0 Å². The fraction of sp³-hybridized carbons (Fsp3) is 0.217. The third kappa shape index (κ3) is 4.47. The van der Waals surface area contributed by atoms with Crippen molar-refractivity contribution in [2.75, 3.05) is 4.90 Å². The summed E-state index contributed by atoms with van der Waals surface area (Å²) in [5.74, 6) is -2.24. The lowest BCUT2D eigenvalue weighted by Crippen LogP contribution is -2.38. The van der Waals surface area contributed by atoms with Gasteiger partial charge in [0.2, 0.25) is 0 Å². The summed E-state index contributed by atoms with van der Waals surface area (Å²) in [5.41, 5.74) is 0.102. The van der Waals surface area contributed by atoms with Crippen molar-refractivity contribution in [3.63, 3.8) is 0 Å². The van der Waals surface area contributed by atoms with Crippen LogP contribution in [0.5, 0.6) is 5.75 Å². The average Bonchev–Trinajstić information content (AvgIpc) is 3.12.